The van der Waals surface area contributed by atoms with E-state index >= 15 is 0 Å². The minimum absolute atomic E-state index is 0.0319. The maximum absolute atomic E-state index is 13.1. The van der Waals surface area contributed by atoms with Crippen LogP contribution >= 0.6 is 15.9 Å². The average Bonchev–Trinajstić information content (AvgIpc) is 3.19. The van der Waals surface area contributed by atoms with Gasteiger partial charge in [0.1, 0.15) is 0 Å². The van der Waals surface area contributed by atoms with Gasteiger partial charge in [0.15, 0.2) is 11.5 Å². The fourth-order valence-corrected chi connectivity index (χ4v) is 4.69. The van der Waals surface area contributed by atoms with Crippen molar-refractivity contribution >= 4 is 32.7 Å². The van der Waals surface area contributed by atoms with Crippen LogP contribution in [0.25, 0.3) is 10.9 Å². The van der Waals surface area contributed by atoms with Crippen molar-refractivity contribution < 1.29 is 14.3 Å². The summed E-state index contributed by atoms with van der Waals surface area (Å²) in [4.78, 5) is 18.4. The van der Waals surface area contributed by atoms with Crippen LogP contribution < -0.4 is 9.47 Å². The van der Waals surface area contributed by atoms with E-state index in [2.05, 4.69) is 45.3 Å². The number of benzene rings is 2. The van der Waals surface area contributed by atoms with E-state index in [0.717, 1.165) is 30.4 Å². The third-order valence-electron chi connectivity index (χ3n) is 5.61. The molecule has 1 fully saturated rings. The molecule has 0 saturated carbocycles. The van der Waals surface area contributed by atoms with Gasteiger partial charge in [-0.15, -0.1) is 0 Å². The van der Waals surface area contributed by atoms with Crippen LogP contribution in [0.4, 0.5) is 0 Å². The number of carbonyl (C=O) groups is 1. The Hall–Kier alpha value is -2.47. The zero-order valence-corrected chi connectivity index (χ0v) is 18.3. The number of amides is 1. The van der Waals surface area contributed by atoms with Crippen molar-refractivity contribution in [2.24, 2.45) is 0 Å². The van der Waals surface area contributed by atoms with E-state index in [1.165, 1.54) is 16.5 Å². The third kappa shape index (κ3) is 3.86. The first kappa shape index (κ1) is 19.8. The monoisotopic (exact) mass is 456 g/mol. The molecule has 0 radical (unpaired) electrons. The number of hydrogen-bond donors (Lipinski definition) is 1. The second-order valence-electron chi connectivity index (χ2n) is 7.28. The molecule has 1 aromatic heterocycles. The number of aromatic nitrogens is 1. The molecule has 2 aromatic carbocycles. The number of likely N-dealkylation sites (tertiary alicyclic amines) is 1. The minimum Gasteiger partial charge on any atom is -0.493 e. The number of H-pyrrole nitrogens is 1. The van der Waals surface area contributed by atoms with Crippen LogP contribution in [0.3, 0.4) is 0 Å². The summed E-state index contributed by atoms with van der Waals surface area (Å²) in [5.41, 5.74) is 3.15. The van der Waals surface area contributed by atoms with Crippen LogP contribution in [0.2, 0.25) is 0 Å². The van der Waals surface area contributed by atoms with Gasteiger partial charge in [0.2, 0.25) is 0 Å². The number of hydrogen-bond acceptors (Lipinski definition) is 3. The number of carbonyl (C=O) groups excluding carboxylic acids is 1. The highest BCUT2D eigenvalue weighted by molar-refractivity contribution is 9.10. The lowest BCUT2D eigenvalue weighted by Crippen LogP contribution is -2.37. The molecule has 5 nitrogen and oxygen atoms in total. The fraction of sp³-hybridized carbons (Fsp3) is 0.348. The van der Waals surface area contributed by atoms with E-state index in [-0.39, 0.29) is 5.91 Å². The highest BCUT2D eigenvalue weighted by atomic mass is 79.9. The number of nitrogens with zero attached hydrogens (tertiary/aromatic N) is 1. The van der Waals surface area contributed by atoms with Crippen molar-refractivity contribution in [2.75, 3.05) is 26.8 Å². The fourth-order valence-electron chi connectivity index (χ4n) is 4.14. The molecule has 0 unspecified atom stereocenters. The van der Waals surface area contributed by atoms with E-state index in [9.17, 15) is 4.79 Å². The lowest BCUT2D eigenvalue weighted by molar-refractivity contribution is 0.0713. The molecule has 2 heterocycles. The first-order valence-corrected chi connectivity index (χ1v) is 10.8. The van der Waals surface area contributed by atoms with Crippen molar-refractivity contribution in [1.29, 1.82) is 0 Å². The van der Waals surface area contributed by atoms with Crippen LogP contribution in [0, 0.1) is 0 Å². The SMILES string of the molecule is CCOc1c(Br)cc(C(=O)N2CCC(c3c[nH]c4ccccc34)CC2)cc1OC. The number of methoxy groups -OCH3 is 1. The lowest BCUT2D eigenvalue weighted by atomic mass is 9.89. The molecule has 152 valence electrons. The number of para-hydroxylation sites is 1. The molecule has 1 saturated heterocycles. The van der Waals surface area contributed by atoms with Crippen molar-refractivity contribution in [3.8, 4) is 11.5 Å². The number of halogens is 1. The van der Waals surface area contributed by atoms with Gasteiger partial charge in [0, 0.05) is 35.8 Å². The lowest BCUT2D eigenvalue weighted by Gasteiger charge is -2.32. The zero-order valence-electron chi connectivity index (χ0n) is 16.7. The van der Waals surface area contributed by atoms with Gasteiger partial charge in [-0.05, 0) is 65.4 Å². The molecular formula is C23H25BrN2O3. The van der Waals surface area contributed by atoms with Gasteiger partial charge in [-0.3, -0.25) is 4.79 Å². The van der Waals surface area contributed by atoms with Gasteiger partial charge < -0.3 is 19.4 Å². The maximum Gasteiger partial charge on any atom is 0.254 e. The summed E-state index contributed by atoms with van der Waals surface area (Å²) in [5.74, 6) is 1.70. The number of rotatable bonds is 5. The highest BCUT2D eigenvalue weighted by Gasteiger charge is 2.27. The number of aromatic amines is 1. The second-order valence-corrected chi connectivity index (χ2v) is 8.13. The Kier molecular flexibility index (Phi) is 5.81. The zero-order chi connectivity index (χ0) is 20.4. The summed E-state index contributed by atoms with van der Waals surface area (Å²) in [6.45, 7) is 3.94. The number of fused-ring (bicyclic) bond motifs is 1. The van der Waals surface area contributed by atoms with E-state index in [0.29, 0.717) is 29.6 Å². The van der Waals surface area contributed by atoms with E-state index in [1.807, 2.05) is 24.0 Å². The number of nitrogens with one attached hydrogen (secondary N) is 1. The molecule has 1 aliphatic heterocycles. The molecule has 1 aliphatic rings. The summed E-state index contributed by atoms with van der Waals surface area (Å²) in [7, 11) is 1.59. The van der Waals surface area contributed by atoms with Gasteiger partial charge in [-0.25, -0.2) is 0 Å². The summed E-state index contributed by atoms with van der Waals surface area (Å²) in [5, 5.41) is 1.29. The average molecular weight is 457 g/mol. The Balaban J connectivity index is 1.48. The molecule has 0 atom stereocenters. The van der Waals surface area contributed by atoms with Crippen LogP contribution in [-0.2, 0) is 0 Å². The van der Waals surface area contributed by atoms with E-state index in [1.54, 1.807) is 13.2 Å². The molecule has 29 heavy (non-hydrogen) atoms. The molecule has 6 heteroatoms. The Labute approximate surface area is 179 Å². The molecule has 1 N–H and O–H groups in total. The van der Waals surface area contributed by atoms with Crippen LogP contribution in [0.15, 0.2) is 47.1 Å². The van der Waals surface area contributed by atoms with Crippen molar-refractivity contribution in [3.63, 3.8) is 0 Å². The first-order valence-electron chi connectivity index (χ1n) is 9.98. The molecule has 3 aromatic rings. The Morgan fingerprint density at radius 2 is 2.00 bits per heavy atom. The molecule has 1 amide bonds. The molecule has 0 aliphatic carbocycles. The van der Waals surface area contributed by atoms with Crippen molar-refractivity contribution in [2.45, 2.75) is 25.7 Å². The van der Waals surface area contributed by atoms with Crippen LogP contribution in [0.5, 0.6) is 11.5 Å². The highest BCUT2D eigenvalue weighted by Crippen LogP contribution is 2.38. The Morgan fingerprint density at radius 3 is 2.72 bits per heavy atom. The maximum atomic E-state index is 13.1. The molecule has 0 bridgehead atoms. The predicted molar refractivity (Wildman–Crippen MR) is 118 cm³/mol. The molecule has 0 spiro atoms. The second kappa shape index (κ2) is 8.49. The quantitative estimate of drug-likeness (QED) is 0.562. The summed E-state index contributed by atoms with van der Waals surface area (Å²) < 4.78 is 11.8. The van der Waals surface area contributed by atoms with Gasteiger partial charge in [0.05, 0.1) is 18.2 Å². The third-order valence-corrected chi connectivity index (χ3v) is 6.20. The normalized spacial score (nSPS) is 14.9. The number of piperidine rings is 1. The largest absolute Gasteiger partial charge is 0.493 e. The number of ether oxygens (including phenoxy) is 2. The summed E-state index contributed by atoms with van der Waals surface area (Å²) in [6.07, 6.45) is 4.05. The smallest absolute Gasteiger partial charge is 0.254 e. The van der Waals surface area contributed by atoms with Crippen LogP contribution in [-0.4, -0.2) is 42.6 Å². The van der Waals surface area contributed by atoms with E-state index in [4.69, 9.17) is 9.47 Å². The topological polar surface area (TPSA) is 54.6 Å². The van der Waals surface area contributed by atoms with Gasteiger partial charge >= 0.3 is 0 Å². The van der Waals surface area contributed by atoms with E-state index < -0.39 is 0 Å². The Bertz CT molecular complexity index is 1020. The molecule has 4 rings (SSSR count). The van der Waals surface area contributed by atoms with Gasteiger partial charge in [-0.2, -0.15) is 0 Å². The summed E-state index contributed by atoms with van der Waals surface area (Å²) >= 11 is 3.51. The minimum atomic E-state index is 0.0319. The van der Waals surface area contributed by atoms with Crippen molar-refractivity contribution in [3.05, 3.63) is 58.2 Å². The summed E-state index contributed by atoms with van der Waals surface area (Å²) in [6, 6.07) is 12.0. The van der Waals surface area contributed by atoms with Crippen LogP contribution in [0.1, 0.15) is 41.6 Å². The standard InChI is InChI=1S/C23H25BrN2O3/c1-3-29-22-19(24)12-16(13-21(22)28-2)23(27)26-10-8-15(9-11-26)18-14-25-20-7-5-4-6-17(18)20/h4-7,12-15,25H,3,8-11H2,1-2H3. The van der Waals surface area contributed by atoms with Crippen molar-refractivity contribution in [1.82, 2.24) is 9.88 Å². The predicted octanol–water partition coefficient (Wildman–Crippen LogP) is 5.36. The first-order chi connectivity index (χ1) is 14.1. The van der Waals surface area contributed by atoms with Gasteiger partial charge in [-0.1, -0.05) is 18.2 Å². The molecular weight excluding hydrogens is 432 g/mol. The Morgan fingerprint density at radius 1 is 1.24 bits per heavy atom. The van der Waals surface area contributed by atoms with Gasteiger partial charge in [0.25, 0.3) is 5.91 Å².